The van der Waals surface area contributed by atoms with Crippen LogP contribution >= 0.6 is 11.3 Å². The van der Waals surface area contributed by atoms with Crippen LogP contribution in [0.25, 0.3) is 10.6 Å². The summed E-state index contributed by atoms with van der Waals surface area (Å²) in [6.07, 6.45) is 1.90. The Morgan fingerprint density at radius 3 is 2.44 bits per heavy atom. The molecular formula is C16H17N3O5S3. The van der Waals surface area contributed by atoms with Crippen LogP contribution in [0.1, 0.15) is 10.4 Å². The Bertz CT molecular complexity index is 1130. The van der Waals surface area contributed by atoms with E-state index in [4.69, 9.17) is 9.66 Å². The summed E-state index contributed by atoms with van der Waals surface area (Å²) in [5.74, 6) is 0.513. The van der Waals surface area contributed by atoms with Crippen molar-refractivity contribution in [2.24, 2.45) is 5.14 Å². The van der Waals surface area contributed by atoms with E-state index in [1.54, 1.807) is 31.2 Å². The van der Waals surface area contributed by atoms with Crippen molar-refractivity contribution in [1.29, 1.82) is 0 Å². The number of nitrogens with one attached hydrogen (secondary N) is 1. The van der Waals surface area contributed by atoms with Gasteiger partial charge in [-0.3, -0.25) is 0 Å². The van der Waals surface area contributed by atoms with E-state index in [2.05, 4.69) is 9.88 Å². The number of nitrogens with two attached hydrogens (primary N) is 1. The van der Waals surface area contributed by atoms with Crippen LogP contribution in [0.2, 0.25) is 0 Å². The van der Waals surface area contributed by atoms with Gasteiger partial charge in [0.1, 0.15) is 0 Å². The molecule has 3 aromatic rings. The maximum Gasteiger partial charge on any atom is 0.241 e. The van der Waals surface area contributed by atoms with Crippen molar-refractivity contribution in [3.63, 3.8) is 0 Å². The van der Waals surface area contributed by atoms with Gasteiger partial charge in [-0.05, 0) is 37.1 Å². The number of benzene rings is 1. The average molecular weight is 428 g/mol. The molecule has 1 aromatic carbocycles. The molecule has 0 fully saturated rings. The van der Waals surface area contributed by atoms with Gasteiger partial charge in [0.05, 0.1) is 20.9 Å². The lowest BCUT2D eigenvalue weighted by atomic mass is 10.2. The van der Waals surface area contributed by atoms with Gasteiger partial charge >= 0.3 is 0 Å². The summed E-state index contributed by atoms with van der Waals surface area (Å²) in [4.78, 5) is 1.54. The lowest BCUT2D eigenvalue weighted by molar-refractivity contribution is 0.433. The van der Waals surface area contributed by atoms with Gasteiger partial charge in [-0.15, -0.1) is 11.3 Å². The third-order valence-electron chi connectivity index (χ3n) is 3.80. The predicted molar refractivity (Wildman–Crippen MR) is 101 cm³/mol. The number of aryl methyl sites for hydroxylation is 1. The van der Waals surface area contributed by atoms with Crippen molar-refractivity contribution in [1.82, 2.24) is 9.88 Å². The minimum absolute atomic E-state index is 0.0145. The standard InChI is InChI=1S/C16H17N3O5S3/c1-11-16(10-15(25-11)14-7-8-18-24-14)27(22,23)19-9-6-12-2-4-13(5-3-12)26(17,20)21/h2-5,7-8,10,19H,6,9H2,1H3,(H2,17,20,21). The van der Waals surface area contributed by atoms with E-state index in [1.165, 1.54) is 29.7 Å². The Balaban J connectivity index is 1.67. The normalized spacial score (nSPS) is 12.4. The highest BCUT2D eigenvalue weighted by Gasteiger charge is 2.21. The second-order valence-corrected chi connectivity index (χ2v) is 10.3. The fourth-order valence-electron chi connectivity index (χ4n) is 2.45. The van der Waals surface area contributed by atoms with Gasteiger partial charge in [0, 0.05) is 17.5 Å². The molecule has 27 heavy (non-hydrogen) atoms. The quantitative estimate of drug-likeness (QED) is 0.592. The topological polar surface area (TPSA) is 132 Å². The fourth-order valence-corrected chi connectivity index (χ4v) is 5.54. The second-order valence-electron chi connectivity index (χ2n) is 5.74. The average Bonchev–Trinajstić information content (AvgIpc) is 3.24. The third-order valence-corrected chi connectivity index (χ3v) is 7.51. The zero-order valence-electron chi connectivity index (χ0n) is 14.2. The van der Waals surface area contributed by atoms with E-state index in [0.717, 1.165) is 5.56 Å². The maximum atomic E-state index is 12.6. The molecular weight excluding hydrogens is 410 g/mol. The molecule has 0 saturated carbocycles. The van der Waals surface area contributed by atoms with Crippen LogP contribution in [-0.2, 0) is 26.5 Å². The van der Waals surface area contributed by atoms with Crippen LogP contribution in [0.4, 0.5) is 0 Å². The molecule has 8 nitrogen and oxygen atoms in total. The molecule has 0 spiro atoms. The Kier molecular flexibility index (Phi) is 5.49. The molecule has 0 aliphatic heterocycles. The van der Waals surface area contributed by atoms with Crippen molar-refractivity contribution < 1.29 is 21.4 Å². The van der Waals surface area contributed by atoms with Gasteiger partial charge < -0.3 is 4.52 Å². The zero-order chi connectivity index (χ0) is 19.7. The number of nitrogens with zero attached hydrogens (tertiary/aromatic N) is 1. The van der Waals surface area contributed by atoms with E-state index in [0.29, 0.717) is 21.9 Å². The van der Waals surface area contributed by atoms with Crippen molar-refractivity contribution in [2.75, 3.05) is 6.54 Å². The Morgan fingerprint density at radius 2 is 1.85 bits per heavy atom. The second kappa shape index (κ2) is 7.52. The molecule has 0 radical (unpaired) electrons. The Morgan fingerprint density at radius 1 is 1.15 bits per heavy atom. The summed E-state index contributed by atoms with van der Waals surface area (Å²) in [6.45, 7) is 1.90. The third kappa shape index (κ3) is 4.62. The molecule has 144 valence electrons. The highest BCUT2D eigenvalue weighted by Crippen LogP contribution is 2.33. The van der Waals surface area contributed by atoms with E-state index in [1.807, 2.05) is 0 Å². The number of thiophene rings is 1. The van der Waals surface area contributed by atoms with Crippen molar-refractivity contribution in [2.45, 2.75) is 23.1 Å². The van der Waals surface area contributed by atoms with Crippen LogP contribution in [-0.4, -0.2) is 28.5 Å². The van der Waals surface area contributed by atoms with Crippen LogP contribution in [0.3, 0.4) is 0 Å². The minimum Gasteiger partial charge on any atom is -0.355 e. The molecule has 0 saturated heterocycles. The van der Waals surface area contributed by atoms with E-state index in [9.17, 15) is 16.8 Å². The molecule has 2 heterocycles. The molecule has 0 unspecified atom stereocenters. The summed E-state index contributed by atoms with van der Waals surface area (Å²) in [5, 5.41) is 8.68. The van der Waals surface area contributed by atoms with Gasteiger partial charge in [-0.25, -0.2) is 26.7 Å². The number of hydrogen-bond donors (Lipinski definition) is 2. The van der Waals surface area contributed by atoms with Crippen molar-refractivity contribution in [3.05, 3.63) is 53.0 Å². The van der Waals surface area contributed by atoms with E-state index < -0.39 is 20.0 Å². The highest BCUT2D eigenvalue weighted by atomic mass is 32.2. The SMILES string of the molecule is Cc1sc(-c2ccno2)cc1S(=O)(=O)NCCc1ccc(S(N)(=O)=O)cc1. The van der Waals surface area contributed by atoms with Gasteiger partial charge in [-0.2, -0.15) is 0 Å². The largest absolute Gasteiger partial charge is 0.355 e. The van der Waals surface area contributed by atoms with Gasteiger partial charge in [-0.1, -0.05) is 17.3 Å². The minimum atomic E-state index is -3.74. The number of primary sulfonamides is 1. The van der Waals surface area contributed by atoms with E-state index in [-0.39, 0.29) is 16.3 Å². The number of aromatic nitrogens is 1. The molecule has 3 N–H and O–H groups in total. The lowest BCUT2D eigenvalue weighted by Crippen LogP contribution is -2.26. The van der Waals surface area contributed by atoms with Crippen molar-refractivity contribution in [3.8, 4) is 10.6 Å². The number of rotatable bonds is 7. The molecule has 0 amide bonds. The maximum absolute atomic E-state index is 12.6. The number of hydrogen-bond acceptors (Lipinski definition) is 7. The lowest BCUT2D eigenvalue weighted by Gasteiger charge is -2.07. The highest BCUT2D eigenvalue weighted by molar-refractivity contribution is 7.89. The summed E-state index contributed by atoms with van der Waals surface area (Å²) in [7, 11) is -7.42. The Hall–Kier alpha value is -2.05. The summed E-state index contributed by atoms with van der Waals surface area (Å²) < 4.78 is 55.2. The Labute approximate surface area is 161 Å². The van der Waals surface area contributed by atoms with E-state index >= 15 is 0 Å². The first-order chi connectivity index (χ1) is 12.7. The monoisotopic (exact) mass is 427 g/mol. The summed E-state index contributed by atoms with van der Waals surface area (Å²) >= 11 is 1.31. The van der Waals surface area contributed by atoms with Crippen LogP contribution in [0.15, 0.2) is 56.9 Å². The van der Waals surface area contributed by atoms with Gasteiger partial charge in [0.25, 0.3) is 0 Å². The fraction of sp³-hybridized carbons (Fsp3) is 0.188. The zero-order valence-corrected chi connectivity index (χ0v) is 16.7. The molecule has 2 aromatic heterocycles. The van der Waals surface area contributed by atoms with Crippen molar-refractivity contribution >= 4 is 31.4 Å². The molecule has 0 aliphatic rings. The summed E-state index contributed by atoms with van der Waals surface area (Å²) in [5.41, 5.74) is 0.787. The first-order valence-corrected chi connectivity index (χ1v) is 11.6. The first kappa shape index (κ1) is 19.7. The van der Waals surface area contributed by atoms with Crippen LogP contribution in [0.5, 0.6) is 0 Å². The smallest absolute Gasteiger partial charge is 0.241 e. The summed E-state index contributed by atoms with van der Waals surface area (Å²) in [6, 6.07) is 9.22. The molecule has 11 heteroatoms. The van der Waals surface area contributed by atoms with Crippen LogP contribution in [0, 0.1) is 6.92 Å². The molecule has 0 bridgehead atoms. The van der Waals surface area contributed by atoms with Gasteiger partial charge in [0.15, 0.2) is 5.76 Å². The number of sulfonamides is 2. The molecule has 3 rings (SSSR count). The molecule has 0 aliphatic carbocycles. The predicted octanol–water partition coefficient (Wildman–Crippen LogP) is 1.88. The molecule has 0 atom stereocenters. The van der Waals surface area contributed by atoms with Gasteiger partial charge in [0.2, 0.25) is 20.0 Å². The first-order valence-electron chi connectivity index (χ1n) is 7.80. The van der Waals surface area contributed by atoms with Crippen LogP contribution < -0.4 is 9.86 Å².